The second kappa shape index (κ2) is 7.65. The maximum Gasteiger partial charge on any atom is 0.225 e. The zero-order valence-electron chi connectivity index (χ0n) is 13.4. The standard InChI is InChI=1S/C20H20ClNO2/c21-18-8-6-15(7-9-18)16-10-12-22(13-11-16)20(24)14-19(23)17-4-2-1-3-5-17/h1-10,19,23H,11-14H2. The summed E-state index contributed by atoms with van der Waals surface area (Å²) in [6.07, 6.45) is 2.27. The van der Waals surface area contributed by atoms with Gasteiger partial charge in [0.15, 0.2) is 0 Å². The highest BCUT2D eigenvalue weighted by atomic mass is 35.5. The second-order valence-electron chi connectivity index (χ2n) is 5.96. The zero-order chi connectivity index (χ0) is 16.9. The molecule has 0 bridgehead atoms. The molecule has 4 heteroatoms. The average Bonchev–Trinajstić information content (AvgIpc) is 2.63. The summed E-state index contributed by atoms with van der Waals surface area (Å²) in [6, 6.07) is 17.1. The van der Waals surface area contributed by atoms with Gasteiger partial charge in [0.05, 0.1) is 12.5 Å². The van der Waals surface area contributed by atoms with Gasteiger partial charge in [-0.1, -0.05) is 60.1 Å². The van der Waals surface area contributed by atoms with Crippen LogP contribution in [0.2, 0.25) is 5.02 Å². The number of nitrogens with zero attached hydrogens (tertiary/aromatic N) is 1. The van der Waals surface area contributed by atoms with Crippen LogP contribution in [0.5, 0.6) is 0 Å². The van der Waals surface area contributed by atoms with E-state index >= 15 is 0 Å². The van der Waals surface area contributed by atoms with Gasteiger partial charge in [-0.3, -0.25) is 4.79 Å². The summed E-state index contributed by atoms with van der Waals surface area (Å²) < 4.78 is 0. The van der Waals surface area contributed by atoms with Gasteiger partial charge in [-0.2, -0.15) is 0 Å². The van der Waals surface area contributed by atoms with Crippen molar-refractivity contribution in [2.75, 3.05) is 13.1 Å². The molecule has 3 rings (SSSR count). The van der Waals surface area contributed by atoms with Crippen LogP contribution < -0.4 is 0 Å². The number of benzene rings is 2. The van der Waals surface area contributed by atoms with Crippen molar-refractivity contribution in [2.45, 2.75) is 18.9 Å². The lowest BCUT2D eigenvalue weighted by Gasteiger charge is -2.27. The van der Waals surface area contributed by atoms with Gasteiger partial charge in [0, 0.05) is 18.1 Å². The first-order valence-corrected chi connectivity index (χ1v) is 8.47. The number of hydrogen-bond donors (Lipinski definition) is 1. The van der Waals surface area contributed by atoms with Crippen molar-refractivity contribution in [1.82, 2.24) is 4.90 Å². The van der Waals surface area contributed by atoms with E-state index in [-0.39, 0.29) is 12.3 Å². The topological polar surface area (TPSA) is 40.5 Å². The minimum atomic E-state index is -0.750. The highest BCUT2D eigenvalue weighted by molar-refractivity contribution is 6.30. The van der Waals surface area contributed by atoms with E-state index in [1.54, 1.807) is 4.90 Å². The molecule has 1 heterocycles. The summed E-state index contributed by atoms with van der Waals surface area (Å²) in [5, 5.41) is 10.9. The normalized spacial score (nSPS) is 15.8. The predicted octanol–water partition coefficient (Wildman–Crippen LogP) is 4.08. The highest BCUT2D eigenvalue weighted by Gasteiger charge is 2.21. The third-order valence-electron chi connectivity index (χ3n) is 4.33. The summed E-state index contributed by atoms with van der Waals surface area (Å²) >= 11 is 5.92. The molecule has 0 saturated heterocycles. The van der Waals surface area contributed by atoms with Gasteiger partial charge in [0.1, 0.15) is 0 Å². The molecule has 0 aliphatic carbocycles. The summed E-state index contributed by atoms with van der Waals surface area (Å²) in [6.45, 7) is 1.26. The van der Waals surface area contributed by atoms with Crippen molar-refractivity contribution in [1.29, 1.82) is 0 Å². The molecular weight excluding hydrogens is 322 g/mol. The number of carbonyl (C=O) groups is 1. The Morgan fingerprint density at radius 3 is 2.46 bits per heavy atom. The molecule has 3 nitrogen and oxygen atoms in total. The van der Waals surface area contributed by atoms with Crippen molar-refractivity contribution < 1.29 is 9.90 Å². The third kappa shape index (κ3) is 4.05. The van der Waals surface area contributed by atoms with Crippen molar-refractivity contribution in [3.63, 3.8) is 0 Å². The van der Waals surface area contributed by atoms with Crippen LogP contribution in [-0.4, -0.2) is 29.0 Å². The first-order chi connectivity index (χ1) is 11.6. The van der Waals surface area contributed by atoms with Crippen molar-refractivity contribution in [3.05, 3.63) is 76.8 Å². The van der Waals surface area contributed by atoms with E-state index < -0.39 is 6.10 Å². The summed E-state index contributed by atoms with van der Waals surface area (Å²) in [7, 11) is 0. The molecule has 0 aromatic heterocycles. The number of carbonyl (C=O) groups excluding carboxylic acids is 1. The monoisotopic (exact) mass is 341 g/mol. The van der Waals surface area contributed by atoms with E-state index in [1.165, 1.54) is 5.57 Å². The zero-order valence-corrected chi connectivity index (χ0v) is 14.1. The fourth-order valence-corrected chi connectivity index (χ4v) is 3.04. The highest BCUT2D eigenvalue weighted by Crippen LogP contribution is 2.25. The van der Waals surface area contributed by atoms with E-state index in [4.69, 9.17) is 11.6 Å². The lowest BCUT2D eigenvalue weighted by atomic mass is 9.99. The van der Waals surface area contributed by atoms with E-state index in [0.29, 0.717) is 13.1 Å². The SMILES string of the molecule is O=C(CC(O)c1ccccc1)N1CC=C(c2ccc(Cl)cc2)CC1. The van der Waals surface area contributed by atoms with Crippen LogP contribution >= 0.6 is 11.6 Å². The van der Waals surface area contributed by atoms with Crippen LogP contribution in [0.15, 0.2) is 60.7 Å². The summed E-state index contributed by atoms with van der Waals surface area (Å²) in [5.74, 6) is -0.0160. The first kappa shape index (κ1) is 16.7. The lowest BCUT2D eigenvalue weighted by Crippen LogP contribution is -2.35. The first-order valence-electron chi connectivity index (χ1n) is 8.09. The Morgan fingerprint density at radius 1 is 1.12 bits per heavy atom. The van der Waals surface area contributed by atoms with Gasteiger partial charge in [-0.05, 0) is 35.3 Å². The molecule has 2 aromatic carbocycles. The molecular formula is C20H20ClNO2. The van der Waals surface area contributed by atoms with Crippen LogP contribution in [0.4, 0.5) is 0 Å². The fourth-order valence-electron chi connectivity index (χ4n) is 2.91. The average molecular weight is 342 g/mol. The fraction of sp³-hybridized carbons (Fsp3) is 0.250. The number of aliphatic hydroxyl groups is 1. The number of halogens is 1. The van der Waals surface area contributed by atoms with E-state index in [2.05, 4.69) is 6.08 Å². The number of aliphatic hydroxyl groups excluding tert-OH is 1. The predicted molar refractivity (Wildman–Crippen MR) is 96.6 cm³/mol. The molecule has 1 amide bonds. The lowest BCUT2D eigenvalue weighted by molar-refractivity contribution is -0.132. The molecule has 0 spiro atoms. The van der Waals surface area contributed by atoms with E-state index in [0.717, 1.165) is 22.6 Å². The quantitative estimate of drug-likeness (QED) is 0.910. The Balaban J connectivity index is 1.59. The van der Waals surface area contributed by atoms with E-state index in [1.807, 2.05) is 54.6 Å². The summed E-state index contributed by atoms with van der Waals surface area (Å²) in [4.78, 5) is 14.2. The Kier molecular flexibility index (Phi) is 5.34. The molecule has 24 heavy (non-hydrogen) atoms. The third-order valence-corrected chi connectivity index (χ3v) is 4.58. The maximum absolute atomic E-state index is 12.4. The molecule has 1 aliphatic rings. The molecule has 1 N–H and O–H groups in total. The van der Waals surface area contributed by atoms with Crippen LogP contribution in [-0.2, 0) is 4.79 Å². The van der Waals surface area contributed by atoms with Crippen LogP contribution in [0, 0.1) is 0 Å². The summed E-state index contributed by atoms with van der Waals surface area (Å²) in [5.41, 5.74) is 3.16. The molecule has 2 aromatic rings. The van der Waals surface area contributed by atoms with Crippen molar-refractivity contribution >= 4 is 23.1 Å². The molecule has 1 aliphatic heterocycles. The number of rotatable bonds is 4. The molecule has 1 unspecified atom stereocenters. The Morgan fingerprint density at radius 2 is 1.83 bits per heavy atom. The molecule has 0 radical (unpaired) electrons. The van der Waals surface area contributed by atoms with Gasteiger partial charge in [-0.25, -0.2) is 0 Å². The molecule has 0 fully saturated rings. The number of hydrogen-bond acceptors (Lipinski definition) is 2. The Hall–Kier alpha value is -2.10. The minimum Gasteiger partial charge on any atom is -0.388 e. The Labute approximate surface area is 147 Å². The van der Waals surface area contributed by atoms with Gasteiger partial charge < -0.3 is 10.0 Å². The number of amides is 1. The van der Waals surface area contributed by atoms with Crippen LogP contribution in [0.25, 0.3) is 5.57 Å². The molecule has 124 valence electrons. The second-order valence-corrected chi connectivity index (χ2v) is 6.39. The van der Waals surface area contributed by atoms with Crippen molar-refractivity contribution in [3.8, 4) is 0 Å². The molecule has 1 atom stereocenters. The minimum absolute atomic E-state index is 0.0160. The smallest absolute Gasteiger partial charge is 0.225 e. The van der Waals surface area contributed by atoms with Gasteiger partial charge in [-0.15, -0.1) is 0 Å². The largest absolute Gasteiger partial charge is 0.388 e. The van der Waals surface area contributed by atoms with Gasteiger partial charge in [0.2, 0.25) is 5.91 Å². The van der Waals surface area contributed by atoms with E-state index in [9.17, 15) is 9.90 Å². The van der Waals surface area contributed by atoms with Crippen LogP contribution in [0.1, 0.15) is 30.1 Å². The Bertz CT molecular complexity index is 725. The maximum atomic E-state index is 12.4. The van der Waals surface area contributed by atoms with Gasteiger partial charge in [0.25, 0.3) is 0 Å². The van der Waals surface area contributed by atoms with Crippen LogP contribution in [0.3, 0.4) is 0 Å². The van der Waals surface area contributed by atoms with Crippen molar-refractivity contribution in [2.24, 2.45) is 0 Å². The molecule has 0 saturated carbocycles. The van der Waals surface area contributed by atoms with Gasteiger partial charge >= 0.3 is 0 Å².